The van der Waals surface area contributed by atoms with Crippen LogP contribution >= 0.6 is 11.8 Å². The van der Waals surface area contributed by atoms with E-state index in [0.29, 0.717) is 11.7 Å². The van der Waals surface area contributed by atoms with Crippen LogP contribution in [0.3, 0.4) is 0 Å². The van der Waals surface area contributed by atoms with Gasteiger partial charge in [0.15, 0.2) is 5.16 Å². The second-order valence-corrected chi connectivity index (χ2v) is 7.26. The van der Waals surface area contributed by atoms with Gasteiger partial charge < -0.3 is 5.32 Å². The number of nitrogens with one attached hydrogen (secondary N) is 2. The molecular formula is C18H24N4O2S. The molecule has 0 aliphatic heterocycles. The molecule has 1 aromatic carbocycles. The zero-order valence-corrected chi connectivity index (χ0v) is 15.3. The van der Waals surface area contributed by atoms with Crippen LogP contribution in [-0.4, -0.2) is 26.4 Å². The highest BCUT2D eigenvalue weighted by molar-refractivity contribution is 7.99. The summed E-state index contributed by atoms with van der Waals surface area (Å²) in [6.45, 7) is 2.71. The number of rotatable bonds is 7. The van der Waals surface area contributed by atoms with Gasteiger partial charge in [-0.3, -0.25) is 9.36 Å². The van der Waals surface area contributed by atoms with Gasteiger partial charge in [-0.15, -0.1) is 5.10 Å². The Morgan fingerprint density at radius 3 is 3.12 bits per heavy atom. The van der Waals surface area contributed by atoms with Crippen molar-refractivity contribution in [3.63, 3.8) is 0 Å². The van der Waals surface area contributed by atoms with Gasteiger partial charge in [0.25, 0.3) is 0 Å². The van der Waals surface area contributed by atoms with Crippen molar-refractivity contribution in [3.05, 3.63) is 45.9 Å². The zero-order valence-electron chi connectivity index (χ0n) is 14.5. The van der Waals surface area contributed by atoms with E-state index in [0.717, 1.165) is 32.1 Å². The molecule has 1 atom stereocenters. The van der Waals surface area contributed by atoms with E-state index in [2.05, 4.69) is 34.6 Å². The lowest BCUT2D eigenvalue weighted by atomic mass is 9.88. The highest BCUT2D eigenvalue weighted by atomic mass is 32.2. The standard InChI is InChI=1S/C18H24N4O2S/c1-2-3-11-22-17(24)20-21-18(22)25-12-16(23)19-15-10-6-8-13-7-4-5-9-14(13)15/h4-5,7,9,15H,2-3,6,8,10-12H2,1H3,(H,19,23)(H,20,24). The lowest BCUT2D eigenvalue weighted by Crippen LogP contribution is -2.32. The van der Waals surface area contributed by atoms with Gasteiger partial charge >= 0.3 is 5.69 Å². The number of nitrogens with zero attached hydrogens (tertiary/aromatic N) is 2. The van der Waals surface area contributed by atoms with Crippen LogP contribution < -0.4 is 11.0 Å². The molecule has 2 N–H and O–H groups in total. The van der Waals surface area contributed by atoms with E-state index in [-0.39, 0.29) is 23.4 Å². The Morgan fingerprint density at radius 2 is 2.28 bits per heavy atom. The summed E-state index contributed by atoms with van der Waals surface area (Å²) in [4.78, 5) is 24.1. The maximum Gasteiger partial charge on any atom is 0.343 e. The van der Waals surface area contributed by atoms with Crippen molar-refractivity contribution >= 4 is 17.7 Å². The van der Waals surface area contributed by atoms with Crippen LogP contribution in [0.5, 0.6) is 0 Å². The van der Waals surface area contributed by atoms with Crippen molar-refractivity contribution in [1.82, 2.24) is 20.1 Å². The number of aromatic nitrogens is 3. The van der Waals surface area contributed by atoms with Crippen molar-refractivity contribution in [3.8, 4) is 0 Å². The highest BCUT2D eigenvalue weighted by Crippen LogP contribution is 2.29. The number of hydrogen-bond donors (Lipinski definition) is 2. The Hall–Kier alpha value is -2.02. The quantitative estimate of drug-likeness (QED) is 0.744. The van der Waals surface area contributed by atoms with Gasteiger partial charge in [0.1, 0.15) is 0 Å². The normalized spacial score (nSPS) is 16.4. The number of fused-ring (bicyclic) bond motifs is 1. The Morgan fingerprint density at radius 1 is 1.44 bits per heavy atom. The van der Waals surface area contributed by atoms with Crippen molar-refractivity contribution in [2.75, 3.05) is 5.75 Å². The number of benzene rings is 1. The molecule has 1 aliphatic rings. The third-order valence-corrected chi connectivity index (χ3v) is 5.47. The molecule has 0 spiro atoms. The first-order valence-electron chi connectivity index (χ1n) is 8.84. The van der Waals surface area contributed by atoms with E-state index in [1.807, 2.05) is 12.1 Å². The van der Waals surface area contributed by atoms with Gasteiger partial charge in [0, 0.05) is 6.54 Å². The number of carbonyl (C=O) groups is 1. The lowest BCUT2D eigenvalue weighted by Gasteiger charge is -2.26. The van der Waals surface area contributed by atoms with Crippen molar-refractivity contribution in [1.29, 1.82) is 0 Å². The minimum Gasteiger partial charge on any atom is -0.349 e. The maximum atomic E-state index is 12.4. The number of hydrogen-bond acceptors (Lipinski definition) is 4. The van der Waals surface area contributed by atoms with Crippen LogP contribution in [0.2, 0.25) is 0 Å². The molecule has 1 unspecified atom stereocenters. The average Bonchev–Trinajstić information content (AvgIpc) is 2.98. The monoisotopic (exact) mass is 360 g/mol. The molecule has 1 aromatic heterocycles. The molecule has 0 saturated heterocycles. The number of carbonyl (C=O) groups excluding carboxylic acids is 1. The predicted octanol–water partition coefficient (Wildman–Crippen LogP) is 2.66. The van der Waals surface area contributed by atoms with Crippen LogP contribution in [0, 0.1) is 0 Å². The summed E-state index contributed by atoms with van der Waals surface area (Å²) in [5.41, 5.74) is 2.34. The summed E-state index contributed by atoms with van der Waals surface area (Å²) in [6, 6.07) is 8.39. The van der Waals surface area contributed by atoms with Crippen LogP contribution in [0.25, 0.3) is 0 Å². The fourth-order valence-corrected chi connectivity index (χ4v) is 3.98. The van der Waals surface area contributed by atoms with Crippen molar-refractivity contribution in [2.45, 2.75) is 56.8 Å². The summed E-state index contributed by atoms with van der Waals surface area (Å²) in [7, 11) is 0. The topological polar surface area (TPSA) is 79.8 Å². The fraction of sp³-hybridized carbons (Fsp3) is 0.500. The molecule has 2 aromatic rings. The van der Waals surface area contributed by atoms with Gasteiger partial charge in [-0.25, -0.2) is 9.89 Å². The van der Waals surface area contributed by atoms with Gasteiger partial charge in [0.2, 0.25) is 5.91 Å². The molecule has 1 amide bonds. The number of amides is 1. The van der Waals surface area contributed by atoms with Gasteiger partial charge in [-0.1, -0.05) is 49.4 Å². The second kappa shape index (κ2) is 8.38. The third-order valence-electron chi connectivity index (χ3n) is 4.50. The molecule has 0 radical (unpaired) electrons. The predicted molar refractivity (Wildman–Crippen MR) is 98.7 cm³/mol. The highest BCUT2D eigenvalue weighted by Gasteiger charge is 2.21. The molecule has 0 saturated carbocycles. The Labute approximate surface area is 151 Å². The molecule has 134 valence electrons. The Bertz CT molecular complexity index is 783. The molecule has 7 heteroatoms. The summed E-state index contributed by atoms with van der Waals surface area (Å²) in [5, 5.41) is 10.2. The fourth-order valence-electron chi connectivity index (χ4n) is 3.20. The molecule has 0 bridgehead atoms. The SMILES string of the molecule is CCCCn1c(SCC(=O)NC2CCCc3ccccc32)n[nH]c1=O. The largest absolute Gasteiger partial charge is 0.349 e. The maximum absolute atomic E-state index is 12.4. The van der Waals surface area contributed by atoms with E-state index in [1.54, 1.807) is 4.57 Å². The first-order chi connectivity index (χ1) is 12.2. The number of aryl methyl sites for hydroxylation is 1. The molecule has 6 nitrogen and oxygen atoms in total. The second-order valence-electron chi connectivity index (χ2n) is 6.32. The summed E-state index contributed by atoms with van der Waals surface area (Å²) >= 11 is 1.30. The van der Waals surface area contributed by atoms with E-state index in [9.17, 15) is 9.59 Å². The summed E-state index contributed by atoms with van der Waals surface area (Å²) in [6.07, 6.45) is 5.05. The zero-order chi connectivity index (χ0) is 17.6. The summed E-state index contributed by atoms with van der Waals surface area (Å²) < 4.78 is 1.61. The lowest BCUT2D eigenvalue weighted by molar-refractivity contribution is -0.119. The van der Waals surface area contributed by atoms with Gasteiger partial charge in [-0.2, -0.15) is 0 Å². The van der Waals surface area contributed by atoms with Crippen LogP contribution in [-0.2, 0) is 17.8 Å². The first-order valence-corrected chi connectivity index (χ1v) is 9.82. The molecule has 1 heterocycles. The number of thioether (sulfide) groups is 1. The van der Waals surface area contributed by atoms with Crippen LogP contribution in [0.4, 0.5) is 0 Å². The van der Waals surface area contributed by atoms with Crippen LogP contribution in [0.15, 0.2) is 34.2 Å². The smallest absolute Gasteiger partial charge is 0.343 e. The average molecular weight is 360 g/mol. The molecule has 25 heavy (non-hydrogen) atoms. The number of H-pyrrole nitrogens is 1. The minimum absolute atomic E-state index is 0.0239. The molecule has 3 rings (SSSR count). The van der Waals surface area contributed by atoms with Crippen molar-refractivity contribution in [2.24, 2.45) is 0 Å². The first kappa shape index (κ1) is 17.8. The van der Waals surface area contributed by atoms with E-state index >= 15 is 0 Å². The Kier molecular flexibility index (Phi) is 5.96. The number of unbranched alkanes of at least 4 members (excludes halogenated alkanes) is 1. The van der Waals surface area contributed by atoms with Crippen molar-refractivity contribution < 1.29 is 4.79 Å². The van der Waals surface area contributed by atoms with E-state index < -0.39 is 0 Å². The summed E-state index contributed by atoms with van der Waals surface area (Å²) in [5.74, 6) is 0.235. The van der Waals surface area contributed by atoms with E-state index in [4.69, 9.17) is 0 Å². The molecular weight excluding hydrogens is 336 g/mol. The van der Waals surface area contributed by atoms with Gasteiger partial charge in [-0.05, 0) is 36.8 Å². The minimum atomic E-state index is -0.211. The molecule has 0 fully saturated rings. The Balaban J connectivity index is 1.59. The van der Waals surface area contributed by atoms with Gasteiger partial charge in [0.05, 0.1) is 11.8 Å². The van der Waals surface area contributed by atoms with E-state index in [1.165, 1.54) is 22.9 Å². The number of aromatic amines is 1. The third kappa shape index (κ3) is 4.34. The molecule has 1 aliphatic carbocycles. The van der Waals surface area contributed by atoms with Crippen LogP contribution in [0.1, 0.15) is 49.8 Å².